The number of anilines is 3. The van der Waals surface area contributed by atoms with Gasteiger partial charge in [0.1, 0.15) is 0 Å². The molecular weight excluding hydrogens is 572 g/mol. The second-order valence-corrected chi connectivity index (χ2v) is 11.2. The van der Waals surface area contributed by atoms with Gasteiger partial charge in [-0.15, -0.1) is 0 Å². The van der Waals surface area contributed by atoms with Crippen LogP contribution in [-0.4, -0.2) is 61.8 Å². The molecule has 1 N–H and O–H groups in total. The summed E-state index contributed by atoms with van der Waals surface area (Å²) in [6.07, 6.45) is 3.48. The predicted octanol–water partition coefficient (Wildman–Crippen LogP) is 5.90. The van der Waals surface area contributed by atoms with Gasteiger partial charge >= 0.3 is 0 Å². The minimum absolute atomic E-state index is 0.0277. The van der Waals surface area contributed by atoms with Crippen molar-refractivity contribution >= 4 is 50.6 Å². The number of aryl methyl sites for hydroxylation is 1. The van der Waals surface area contributed by atoms with Crippen LogP contribution in [0.2, 0.25) is 0 Å². The number of amides is 2. The maximum atomic E-state index is 13.1. The number of ketones is 1. The molecule has 210 valence electrons. The van der Waals surface area contributed by atoms with E-state index in [0.717, 1.165) is 51.3 Å². The standard InChI is InChI=1S/C31H35BrN4O4/c1-22-7-2-3-8-25(22)34-17-19-35(20-18-34)26-12-11-23(21-24(26)33-31(39)28-13-14-29(32)40-28)27(37)9-4-5-15-36-16-6-10-30(36)38/h2-3,7-8,11-14,21H,4-6,9-10,15-20H2,1H3,(H,33,39). The lowest BCUT2D eigenvalue weighted by Crippen LogP contribution is -2.47. The van der Waals surface area contributed by atoms with Crippen molar-refractivity contribution in [3.05, 3.63) is 76.2 Å². The van der Waals surface area contributed by atoms with Crippen molar-refractivity contribution in [1.82, 2.24) is 4.90 Å². The molecule has 2 aliphatic heterocycles. The van der Waals surface area contributed by atoms with Crippen molar-refractivity contribution in [2.24, 2.45) is 0 Å². The molecule has 0 unspecified atom stereocenters. The van der Waals surface area contributed by atoms with Crippen LogP contribution in [0.5, 0.6) is 0 Å². The number of piperazine rings is 1. The zero-order valence-electron chi connectivity index (χ0n) is 22.8. The molecule has 2 fully saturated rings. The second-order valence-electron chi connectivity index (χ2n) is 10.4. The molecule has 1 aromatic heterocycles. The van der Waals surface area contributed by atoms with E-state index in [9.17, 15) is 14.4 Å². The smallest absolute Gasteiger partial charge is 0.291 e. The van der Waals surface area contributed by atoms with E-state index in [-0.39, 0.29) is 23.4 Å². The van der Waals surface area contributed by atoms with Gasteiger partial charge in [0.2, 0.25) is 5.91 Å². The number of nitrogens with one attached hydrogen (secondary N) is 1. The predicted molar refractivity (Wildman–Crippen MR) is 160 cm³/mol. The van der Waals surface area contributed by atoms with Gasteiger partial charge in [0, 0.05) is 63.4 Å². The second kappa shape index (κ2) is 12.7. The Labute approximate surface area is 243 Å². The first-order valence-electron chi connectivity index (χ1n) is 14.0. The first-order chi connectivity index (χ1) is 19.4. The highest BCUT2D eigenvalue weighted by atomic mass is 79.9. The van der Waals surface area contributed by atoms with Crippen molar-refractivity contribution in [1.29, 1.82) is 0 Å². The zero-order chi connectivity index (χ0) is 28.1. The molecule has 0 bridgehead atoms. The fourth-order valence-electron chi connectivity index (χ4n) is 5.49. The minimum Gasteiger partial charge on any atom is -0.444 e. The Balaban J connectivity index is 1.28. The van der Waals surface area contributed by atoms with E-state index in [1.165, 1.54) is 11.3 Å². The van der Waals surface area contributed by atoms with E-state index in [0.29, 0.717) is 41.7 Å². The van der Waals surface area contributed by atoms with Crippen LogP contribution in [0.1, 0.15) is 58.6 Å². The zero-order valence-corrected chi connectivity index (χ0v) is 24.4. The topological polar surface area (TPSA) is 86.1 Å². The van der Waals surface area contributed by atoms with Gasteiger partial charge in [0.15, 0.2) is 16.2 Å². The van der Waals surface area contributed by atoms with E-state index in [1.54, 1.807) is 18.2 Å². The third-order valence-electron chi connectivity index (χ3n) is 7.69. The molecule has 40 heavy (non-hydrogen) atoms. The molecule has 9 heteroatoms. The van der Waals surface area contributed by atoms with Crippen LogP contribution in [0.4, 0.5) is 17.1 Å². The largest absolute Gasteiger partial charge is 0.444 e. The van der Waals surface area contributed by atoms with Crippen LogP contribution < -0.4 is 15.1 Å². The minimum atomic E-state index is -0.370. The number of hydrogen-bond acceptors (Lipinski definition) is 6. The summed E-state index contributed by atoms with van der Waals surface area (Å²) in [4.78, 5) is 44.5. The molecule has 3 heterocycles. The van der Waals surface area contributed by atoms with Crippen molar-refractivity contribution in [3.8, 4) is 0 Å². The molecule has 0 aliphatic carbocycles. The summed E-state index contributed by atoms with van der Waals surface area (Å²) in [5.74, 6) is 0.0614. The van der Waals surface area contributed by atoms with E-state index in [2.05, 4.69) is 62.2 Å². The number of para-hydroxylation sites is 1. The molecule has 0 saturated carbocycles. The summed E-state index contributed by atoms with van der Waals surface area (Å²) in [6.45, 7) is 6.93. The number of likely N-dealkylation sites (tertiary alicyclic amines) is 1. The quantitative estimate of drug-likeness (QED) is 0.228. The van der Waals surface area contributed by atoms with Gasteiger partial charge in [-0.05, 0) is 84.1 Å². The fourth-order valence-corrected chi connectivity index (χ4v) is 5.79. The molecule has 2 saturated heterocycles. The van der Waals surface area contributed by atoms with Gasteiger partial charge in [-0.25, -0.2) is 0 Å². The Morgan fingerprint density at radius 2 is 1.68 bits per heavy atom. The number of nitrogens with zero attached hydrogens (tertiary/aromatic N) is 3. The number of benzene rings is 2. The Kier molecular flexibility index (Phi) is 8.89. The number of carbonyl (C=O) groups is 3. The lowest BCUT2D eigenvalue weighted by Gasteiger charge is -2.38. The Morgan fingerprint density at radius 1 is 0.925 bits per heavy atom. The molecule has 8 nitrogen and oxygen atoms in total. The summed E-state index contributed by atoms with van der Waals surface area (Å²) in [6, 6.07) is 17.3. The monoisotopic (exact) mass is 606 g/mol. The fraction of sp³-hybridized carbons (Fsp3) is 0.387. The van der Waals surface area contributed by atoms with Gasteiger partial charge in [-0.2, -0.15) is 0 Å². The number of halogens is 1. The summed E-state index contributed by atoms with van der Waals surface area (Å²) in [5, 5.41) is 2.99. The third kappa shape index (κ3) is 6.58. The van der Waals surface area contributed by atoms with Crippen LogP contribution in [0.15, 0.2) is 63.7 Å². The number of hydrogen-bond donors (Lipinski definition) is 1. The van der Waals surface area contributed by atoms with E-state index >= 15 is 0 Å². The number of rotatable bonds is 10. The molecule has 2 aliphatic rings. The number of unbranched alkanes of at least 4 members (excludes halogenated alkanes) is 1. The Morgan fingerprint density at radius 3 is 2.35 bits per heavy atom. The van der Waals surface area contributed by atoms with Gasteiger partial charge in [-0.3, -0.25) is 14.4 Å². The van der Waals surface area contributed by atoms with E-state index in [4.69, 9.17) is 4.42 Å². The number of carbonyl (C=O) groups excluding carboxylic acids is 3. The molecule has 0 radical (unpaired) electrons. The summed E-state index contributed by atoms with van der Waals surface area (Å²) in [5.41, 5.74) is 4.54. The Bertz CT molecular complexity index is 1380. The summed E-state index contributed by atoms with van der Waals surface area (Å²) in [7, 11) is 0. The normalized spacial score (nSPS) is 15.6. The first kappa shape index (κ1) is 28.0. The molecule has 0 spiro atoms. The average Bonchev–Trinajstić information content (AvgIpc) is 3.59. The van der Waals surface area contributed by atoms with Crippen molar-refractivity contribution < 1.29 is 18.8 Å². The SMILES string of the molecule is Cc1ccccc1N1CCN(c2ccc(C(=O)CCCCN3CCCC3=O)cc2NC(=O)c2ccc(Br)o2)CC1. The van der Waals surface area contributed by atoms with Crippen molar-refractivity contribution in [2.45, 2.75) is 39.0 Å². The number of furan rings is 1. The van der Waals surface area contributed by atoms with Crippen LogP contribution >= 0.6 is 15.9 Å². The van der Waals surface area contributed by atoms with Crippen LogP contribution in [0.25, 0.3) is 0 Å². The molecular formula is C31H35BrN4O4. The van der Waals surface area contributed by atoms with E-state index < -0.39 is 0 Å². The molecule has 2 amide bonds. The maximum absolute atomic E-state index is 13.1. The lowest BCUT2D eigenvalue weighted by atomic mass is 10.0. The third-order valence-corrected chi connectivity index (χ3v) is 8.12. The first-order valence-corrected chi connectivity index (χ1v) is 14.8. The summed E-state index contributed by atoms with van der Waals surface area (Å²) < 4.78 is 5.94. The molecule has 3 aromatic rings. The Hall–Kier alpha value is -3.59. The molecule has 0 atom stereocenters. The van der Waals surface area contributed by atoms with Gasteiger partial charge < -0.3 is 24.4 Å². The highest BCUT2D eigenvalue weighted by molar-refractivity contribution is 9.10. The van der Waals surface area contributed by atoms with E-state index in [1.807, 2.05) is 17.0 Å². The highest BCUT2D eigenvalue weighted by Crippen LogP contribution is 2.31. The van der Waals surface area contributed by atoms with Crippen LogP contribution in [0.3, 0.4) is 0 Å². The number of Topliss-reactive ketones (excluding diaryl/α,β-unsaturated/α-hetero) is 1. The van der Waals surface area contributed by atoms with Crippen LogP contribution in [-0.2, 0) is 4.79 Å². The molecule has 2 aromatic carbocycles. The highest BCUT2D eigenvalue weighted by Gasteiger charge is 2.23. The van der Waals surface area contributed by atoms with Gasteiger partial charge in [0.25, 0.3) is 5.91 Å². The summed E-state index contributed by atoms with van der Waals surface area (Å²) >= 11 is 3.25. The average molecular weight is 608 g/mol. The van der Waals surface area contributed by atoms with Gasteiger partial charge in [-0.1, -0.05) is 18.2 Å². The van der Waals surface area contributed by atoms with Crippen molar-refractivity contribution in [3.63, 3.8) is 0 Å². The maximum Gasteiger partial charge on any atom is 0.291 e. The lowest BCUT2D eigenvalue weighted by molar-refractivity contribution is -0.127. The van der Waals surface area contributed by atoms with Crippen LogP contribution in [0, 0.1) is 6.92 Å². The van der Waals surface area contributed by atoms with Crippen molar-refractivity contribution in [2.75, 3.05) is 54.4 Å². The van der Waals surface area contributed by atoms with Gasteiger partial charge in [0.05, 0.1) is 11.4 Å². The molecule has 5 rings (SSSR count).